The lowest BCUT2D eigenvalue weighted by Crippen LogP contribution is -2.20. The van der Waals surface area contributed by atoms with Crippen molar-refractivity contribution in [3.63, 3.8) is 0 Å². The lowest BCUT2D eigenvalue weighted by atomic mass is 9.94. The van der Waals surface area contributed by atoms with Crippen LogP contribution in [0.25, 0.3) is 0 Å². The van der Waals surface area contributed by atoms with E-state index in [4.69, 9.17) is 4.74 Å². The highest BCUT2D eigenvalue weighted by Crippen LogP contribution is 2.31. The molecule has 3 rings (SSSR count). The van der Waals surface area contributed by atoms with E-state index in [1.165, 1.54) is 0 Å². The summed E-state index contributed by atoms with van der Waals surface area (Å²) < 4.78 is 5.14. The van der Waals surface area contributed by atoms with Crippen molar-refractivity contribution in [2.24, 2.45) is 5.92 Å². The van der Waals surface area contributed by atoms with Gasteiger partial charge in [0.1, 0.15) is 5.75 Å². The molecule has 2 aromatic rings. The number of hydrogen-bond donors (Lipinski definition) is 0. The van der Waals surface area contributed by atoms with Crippen molar-refractivity contribution in [1.82, 2.24) is 0 Å². The summed E-state index contributed by atoms with van der Waals surface area (Å²) >= 11 is 0. The quantitative estimate of drug-likeness (QED) is 0.640. The zero-order valence-electron chi connectivity index (χ0n) is 12.1. The van der Waals surface area contributed by atoms with Gasteiger partial charge in [-0.2, -0.15) is 0 Å². The third kappa shape index (κ3) is 2.35. The van der Waals surface area contributed by atoms with Gasteiger partial charge in [-0.05, 0) is 31.0 Å². The van der Waals surface area contributed by atoms with Gasteiger partial charge < -0.3 is 4.74 Å². The molecule has 1 atom stereocenters. The predicted molar refractivity (Wildman–Crippen MR) is 80.0 cm³/mol. The molecule has 2 aromatic carbocycles. The zero-order chi connectivity index (χ0) is 15.0. The number of hydrogen-bond acceptors (Lipinski definition) is 3. The third-order valence-corrected chi connectivity index (χ3v) is 3.98. The summed E-state index contributed by atoms with van der Waals surface area (Å²) in [4.78, 5) is 25.0. The first kappa shape index (κ1) is 13.6. The number of aryl methyl sites for hydroxylation is 1. The molecule has 21 heavy (non-hydrogen) atoms. The van der Waals surface area contributed by atoms with Gasteiger partial charge in [0, 0.05) is 11.1 Å². The molecule has 0 aliphatic heterocycles. The Kier molecular flexibility index (Phi) is 3.34. The molecule has 3 nitrogen and oxygen atoms in total. The lowest BCUT2D eigenvalue weighted by molar-refractivity contribution is 0.0822. The molecule has 0 aromatic heterocycles. The molecule has 0 heterocycles. The standard InChI is InChI=1S/C18H16O3/c1-11-3-5-12(6-4-11)17(19)16-9-13-7-8-14(21-2)10-15(13)18(16)20/h3-8,10,16H,9H2,1-2H3. The van der Waals surface area contributed by atoms with Crippen LogP contribution in [-0.4, -0.2) is 18.7 Å². The summed E-state index contributed by atoms with van der Waals surface area (Å²) in [6, 6.07) is 12.8. The van der Waals surface area contributed by atoms with Gasteiger partial charge in [-0.25, -0.2) is 0 Å². The summed E-state index contributed by atoms with van der Waals surface area (Å²) in [5.41, 5.74) is 3.22. The Labute approximate surface area is 123 Å². The minimum atomic E-state index is -0.602. The van der Waals surface area contributed by atoms with Gasteiger partial charge in [0.15, 0.2) is 11.6 Å². The Morgan fingerprint density at radius 1 is 1.14 bits per heavy atom. The van der Waals surface area contributed by atoms with Crippen LogP contribution >= 0.6 is 0 Å². The number of methoxy groups -OCH3 is 1. The van der Waals surface area contributed by atoms with Gasteiger partial charge in [-0.3, -0.25) is 9.59 Å². The summed E-state index contributed by atoms with van der Waals surface area (Å²) in [5.74, 6) is -0.162. The average molecular weight is 280 g/mol. The van der Waals surface area contributed by atoms with E-state index in [1.807, 2.05) is 31.2 Å². The van der Waals surface area contributed by atoms with E-state index in [0.717, 1.165) is 11.1 Å². The molecule has 0 saturated heterocycles. The molecule has 0 saturated carbocycles. The molecule has 1 unspecified atom stereocenters. The first-order valence-corrected chi connectivity index (χ1v) is 6.92. The number of carbonyl (C=O) groups is 2. The van der Waals surface area contributed by atoms with Crippen LogP contribution in [0.3, 0.4) is 0 Å². The van der Waals surface area contributed by atoms with Crippen LogP contribution in [0.5, 0.6) is 5.75 Å². The summed E-state index contributed by atoms with van der Waals surface area (Å²) in [6.07, 6.45) is 0.477. The van der Waals surface area contributed by atoms with Crippen LogP contribution in [0.15, 0.2) is 42.5 Å². The highest BCUT2D eigenvalue weighted by molar-refractivity contribution is 6.18. The van der Waals surface area contributed by atoms with Crippen LogP contribution in [0, 0.1) is 12.8 Å². The van der Waals surface area contributed by atoms with Crippen LogP contribution in [0.1, 0.15) is 31.8 Å². The molecule has 0 N–H and O–H groups in total. The van der Waals surface area contributed by atoms with Crippen LogP contribution in [-0.2, 0) is 6.42 Å². The van der Waals surface area contributed by atoms with E-state index in [0.29, 0.717) is 23.3 Å². The van der Waals surface area contributed by atoms with E-state index in [2.05, 4.69) is 0 Å². The largest absolute Gasteiger partial charge is 0.497 e. The van der Waals surface area contributed by atoms with Crippen molar-refractivity contribution in [2.75, 3.05) is 7.11 Å². The van der Waals surface area contributed by atoms with E-state index in [-0.39, 0.29) is 11.6 Å². The SMILES string of the molecule is COc1ccc2c(c1)C(=O)C(C(=O)c1ccc(C)cc1)C2. The van der Waals surface area contributed by atoms with Gasteiger partial charge in [0.05, 0.1) is 13.0 Å². The van der Waals surface area contributed by atoms with E-state index < -0.39 is 5.92 Å². The minimum Gasteiger partial charge on any atom is -0.497 e. The van der Waals surface area contributed by atoms with Crippen LogP contribution in [0.4, 0.5) is 0 Å². The molecular weight excluding hydrogens is 264 g/mol. The van der Waals surface area contributed by atoms with Crippen molar-refractivity contribution in [3.8, 4) is 5.75 Å². The number of Topliss-reactive ketones (excluding diaryl/α,β-unsaturated/α-hetero) is 2. The molecule has 3 heteroatoms. The number of rotatable bonds is 3. The fourth-order valence-corrected chi connectivity index (χ4v) is 2.72. The number of ketones is 2. The van der Waals surface area contributed by atoms with Gasteiger partial charge in [0.25, 0.3) is 0 Å². The second-order valence-electron chi connectivity index (χ2n) is 5.37. The Hall–Kier alpha value is -2.42. The average Bonchev–Trinajstić information content (AvgIpc) is 2.84. The smallest absolute Gasteiger partial charge is 0.174 e. The van der Waals surface area contributed by atoms with Crippen molar-refractivity contribution in [3.05, 3.63) is 64.7 Å². The second-order valence-corrected chi connectivity index (χ2v) is 5.37. The van der Waals surface area contributed by atoms with E-state index in [9.17, 15) is 9.59 Å². The Balaban J connectivity index is 1.90. The van der Waals surface area contributed by atoms with E-state index >= 15 is 0 Å². The first-order chi connectivity index (χ1) is 10.1. The maximum absolute atomic E-state index is 12.5. The molecule has 106 valence electrons. The van der Waals surface area contributed by atoms with Crippen molar-refractivity contribution >= 4 is 11.6 Å². The molecule has 1 aliphatic carbocycles. The molecule has 0 bridgehead atoms. The highest BCUT2D eigenvalue weighted by Gasteiger charge is 2.36. The second kappa shape index (κ2) is 5.17. The maximum atomic E-state index is 12.5. The fraction of sp³-hybridized carbons (Fsp3) is 0.222. The monoisotopic (exact) mass is 280 g/mol. The van der Waals surface area contributed by atoms with Crippen molar-refractivity contribution in [2.45, 2.75) is 13.3 Å². The van der Waals surface area contributed by atoms with Gasteiger partial charge in [-0.15, -0.1) is 0 Å². The fourth-order valence-electron chi connectivity index (χ4n) is 2.72. The number of ether oxygens (including phenoxy) is 1. The molecule has 0 spiro atoms. The molecule has 0 amide bonds. The van der Waals surface area contributed by atoms with Gasteiger partial charge >= 0.3 is 0 Å². The number of carbonyl (C=O) groups excluding carboxylic acids is 2. The summed E-state index contributed by atoms with van der Waals surface area (Å²) in [6.45, 7) is 1.97. The van der Waals surface area contributed by atoms with Crippen molar-refractivity contribution in [1.29, 1.82) is 0 Å². The zero-order valence-corrected chi connectivity index (χ0v) is 12.1. The highest BCUT2D eigenvalue weighted by atomic mass is 16.5. The predicted octanol–water partition coefficient (Wildman–Crippen LogP) is 3.24. The van der Waals surface area contributed by atoms with E-state index in [1.54, 1.807) is 25.3 Å². The molecule has 0 fully saturated rings. The number of fused-ring (bicyclic) bond motifs is 1. The Bertz CT molecular complexity index is 714. The van der Waals surface area contributed by atoms with Gasteiger partial charge in [0.2, 0.25) is 0 Å². The Morgan fingerprint density at radius 2 is 1.86 bits per heavy atom. The normalized spacial score (nSPS) is 16.7. The minimum absolute atomic E-state index is 0.102. The van der Waals surface area contributed by atoms with Crippen LogP contribution in [0.2, 0.25) is 0 Å². The molecule has 1 aliphatic rings. The van der Waals surface area contributed by atoms with Gasteiger partial charge in [-0.1, -0.05) is 35.9 Å². The summed E-state index contributed by atoms with van der Waals surface area (Å²) in [5, 5.41) is 0. The van der Waals surface area contributed by atoms with Crippen LogP contribution < -0.4 is 4.74 Å². The summed E-state index contributed by atoms with van der Waals surface area (Å²) in [7, 11) is 1.57. The topological polar surface area (TPSA) is 43.4 Å². The lowest BCUT2D eigenvalue weighted by Gasteiger charge is -2.07. The molecular formula is C18H16O3. The molecule has 0 radical (unpaired) electrons. The maximum Gasteiger partial charge on any atom is 0.174 e. The number of benzene rings is 2. The Morgan fingerprint density at radius 3 is 2.52 bits per heavy atom. The third-order valence-electron chi connectivity index (χ3n) is 3.98. The first-order valence-electron chi connectivity index (χ1n) is 6.92. The van der Waals surface area contributed by atoms with Crippen molar-refractivity contribution < 1.29 is 14.3 Å².